The second-order valence-corrected chi connectivity index (χ2v) is 5.98. The van der Waals surface area contributed by atoms with Crippen molar-refractivity contribution in [3.05, 3.63) is 35.6 Å². The minimum atomic E-state index is -0.404. The van der Waals surface area contributed by atoms with Crippen LogP contribution in [0.2, 0.25) is 0 Å². The first-order valence-electron chi connectivity index (χ1n) is 7.05. The summed E-state index contributed by atoms with van der Waals surface area (Å²) in [4.78, 5) is 12.1. The molecule has 0 heterocycles. The molecule has 1 aromatic carbocycles. The van der Waals surface area contributed by atoms with Gasteiger partial charge in [0.25, 0.3) is 0 Å². The predicted octanol–water partition coefficient (Wildman–Crippen LogP) is 3.23. The van der Waals surface area contributed by atoms with Gasteiger partial charge in [0.2, 0.25) is 5.91 Å². The average molecular weight is 317 g/mol. The first kappa shape index (κ1) is 19.9. The highest BCUT2D eigenvalue weighted by Crippen LogP contribution is 2.21. The maximum Gasteiger partial charge on any atom is 0.221 e. The Hall–Kier alpha value is -1.13. The van der Waals surface area contributed by atoms with Gasteiger partial charge in [0.05, 0.1) is 5.54 Å². The minimum absolute atomic E-state index is 0. The number of hydrogen-bond acceptors (Lipinski definition) is 2. The molecule has 120 valence electrons. The van der Waals surface area contributed by atoms with Crippen LogP contribution in [-0.4, -0.2) is 18.0 Å². The van der Waals surface area contributed by atoms with Crippen molar-refractivity contribution in [2.45, 2.75) is 45.6 Å². The molecule has 2 atom stereocenters. The molecule has 5 heteroatoms. The maximum absolute atomic E-state index is 13.2. The molecule has 3 N–H and O–H groups in total. The van der Waals surface area contributed by atoms with Crippen molar-refractivity contribution >= 4 is 18.3 Å². The molecule has 1 rings (SSSR count). The van der Waals surface area contributed by atoms with Gasteiger partial charge in [0, 0.05) is 13.0 Å². The summed E-state index contributed by atoms with van der Waals surface area (Å²) >= 11 is 0. The van der Waals surface area contributed by atoms with E-state index in [1.165, 1.54) is 12.1 Å². The molecule has 0 fully saturated rings. The van der Waals surface area contributed by atoms with Gasteiger partial charge in [-0.15, -0.1) is 12.4 Å². The standard InChI is InChI=1S/C16H25FN2O.ClH/c1-11(2)16(4,10-18)19-15(20)8-12(3)13-6-5-7-14(17)9-13;/h5-7,9,11-12H,8,10,18H2,1-4H3,(H,19,20);1H. The van der Waals surface area contributed by atoms with E-state index in [1.807, 2.05) is 33.8 Å². The number of halogens is 2. The zero-order valence-corrected chi connectivity index (χ0v) is 14.0. The summed E-state index contributed by atoms with van der Waals surface area (Å²) in [6.07, 6.45) is 0.325. The SMILES string of the molecule is CC(CC(=O)NC(C)(CN)C(C)C)c1cccc(F)c1.Cl. The molecule has 21 heavy (non-hydrogen) atoms. The predicted molar refractivity (Wildman–Crippen MR) is 87.1 cm³/mol. The van der Waals surface area contributed by atoms with Gasteiger partial charge in [-0.25, -0.2) is 4.39 Å². The summed E-state index contributed by atoms with van der Waals surface area (Å²) in [6, 6.07) is 6.38. The summed E-state index contributed by atoms with van der Waals surface area (Å²) in [7, 11) is 0. The van der Waals surface area contributed by atoms with Gasteiger partial charge in [-0.1, -0.05) is 32.9 Å². The summed E-state index contributed by atoms with van der Waals surface area (Å²) in [5.74, 6) is -0.104. The van der Waals surface area contributed by atoms with E-state index in [2.05, 4.69) is 5.32 Å². The van der Waals surface area contributed by atoms with E-state index < -0.39 is 5.54 Å². The van der Waals surface area contributed by atoms with Crippen LogP contribution in [0.15, 0.2) is 24.3 Å². The third-order valence-electron chi connectivity index (χ3n) is 4.03. The number of carbonyl (C=O) groups excluding carboxylic acids is 1. The highest BCUT2D eigenvalue weighted by molar-refractivity contribution is 5.85. The number of nitrogens with one attached hydrogen (secondary N) is 1. The highest BCUT2D eigenvalue weighted by Gasteiger charge is 2.28. The first-order chi connectivity index (χ1) is 9.28. The van der Waals surface area contributed by atoms with Crippen LogP contribution in [0.3, 0.4) is 0 Å². The maximum atomic E-state index is 13.2. The summed E-state index contributed by atoms with van der Waals surface area (Å²) in [5, 5.41) is 3.00. The Morgan fingerprint density at radius 2 is 2.00 bits per heavy atom. The van der Waals surface area contributed by atoms with Gasteiger partial charge < -0.3 is 11.1 Å². The topological polar surface area (TPSA) is 55.1 Å². The lowest BCUT2D eigenvalue weighted by Crippen LogP contribution is -2.55. The molecule has 0 aliphatic rings. The van der Waals surface area contributed by atoms with Crippen LogP contribution in [-0.2, 0) is 4.79 Å². The average Bonchev–Trinajstić information content (AvgIpc) is 2.38. The van der Waals surface area contributed by atoms with Gasteiger partial charge in [-0.2, -0.15) is 0 Å². The Kier molecular flexibility index (Phi) is 7.90. The second kappa shape index (κ2) is 8.35. The Balaban J connectivity index is 0.00000400. The van der Waals surface area contributed by atoms with Crippen molar-refractivity contribution in [1.82, 2.24) is 5.32 Å². The lowest BCUT2D eigenvalue weighted by atomic mass is 9.87. The first-order valence-corrected chi connectivity index (χ1v) is 7.05. The van der Waals surface area contributed by atoms with Gasteiger partial charge in [-0.05, 0) is 36.5 Å². The number of carbonyl (C=O) groups is 1. The van der Waals surface area contributed by atoms with Gasteiger partial charge in [-0.3, -0.25) is 4.79 Å². The molecule has 0 aromatic heterocycles. The lowest BCUT2D eigenvalue weighted by Gasteiger charge is -2.34. The van der Waals surface area contributed by atoms with Crippen molar-refractivity contribution in [2.75, 3.05) is 6.54 Å². The van der Waals surface area contributed by atoms with E-state index in [-0.39, 0.29) is 36.0 Å². The van der Waals surface area contributed by atoms with Crippen molar-refractivity contribution < 1.29 is 9.18 Å². The lowest BCUT2D eigenvalue weighted by molar-refractivity contribution is -0.123. The number of rotatable bonds is 6. The van der Waals surface area contributed by atoms with Crippen molar-refractivity contribution in [3.63, 3.8) is 0 Å². The Labute approximate surface area is 132 Å². The second-order valence-electron chi connectivity index (χ2n) is 5.98. The van der Waals surface area contributed by atoms with Gasteiger partial charge in [0.1, 0.15) is 5.82 Å². The van der Waals surface area contributed by atoms with E-state index in [9.17, 15) is 9.18 Å². The molecular formula is C16H26ClFN2O. The zero-order valence-electron chi connectivity index (χ0n) is 13.2. The van der Waals surface area contributed by atoms with Crippen LogP contribution >= 0.6 is 12.4 Å². The van der Waals surface area contributed by atoms with Crippen LogP contribution in [0.4, 0.5) is 4.39 Å². The molecule has 0 aliphatic carbocycles. The Morgan fingerprint density at radius 3 is 2.48 bits per heavy atom. The van der Waals surface area contributed by atoms with Gasteiger partial charge in [0.15, 0.2) is 0 Å². The molecule has 0 saturated carbocycles. The molecule has 1 aromatic rings. The minimum Gasteiger partial charge on any atom is -0.349 e. The number of benzene rings is 1. The number of hydrogen-bond donors (Lipinski definition) is 2. The molecule has 0 aliphatic heterocycles. The molecule has 1 amide bonds. The molecule has 0 spiro atoms. The fourth-order valence-corrected chi connectivity index (χ4v) is 2.01. The van der Waals surface area contributed by atoms with Gasteiger partial charge >= 0.3 is 0 Å². The summed E-state index contributed by atoms with van der Waals surface area (Å²) < 4.78 is 13.2. The normalized spacial score (nSPS) is 15.0. The van der Waals surface area contributed by atoms with Crippen LogP contribution in [0, 0.1) is 11.7 Å². The molecule has 3 nitrogen and oxygen atoms in total. The fraction of sp³-hybridized carbons (Fsp3) is 0.562. The fourth-order valence-electron chi connectivity index (χ4n) is 2.01. The zero-order chi connectivity index (χ0) is 15.3. The molecule has 0 radical (unpaired) electrons. The van der Waals surface area contributed by atoms with Crippen LogP contribution in [0.25, 0.3) is 0 Å². The largest absolute Gasteiger partial charge is 0.349 e. The van der Waals surface area contributed by atoms with E-state index in [0.29, 0.717) is 13.0 Å². The third-order valence-corrected chi connectivity index (χ3v) is 4.03. The smallest absolute Gasteiger partial charge is 0.221 e. The van der Waals surface area contributed by atoms with Crippen LogP contribution in [0.1, 0.15) is 45.6 Å². The van der Waals surface area contributed by atoms with Crippen molar-refractivity contribution in [1.29, 1.82) is 0 Å². The molecular weight excluding hydrogens is 291 g/mol. The highest BCUT2D eigenvalue weighted by atomic mass is 35.5. The number of nitrogens with two attached hydrogens (primary N) is 1. The van der Waals surface area contributed by atoms with Crippen molar-refractivity contribution in [3.8, 4) is 0 Å². The summed E-state index contributed by atoms with van der Waals surface area (Å²) in [6.45, 7) is 8.32. The Bertz CT molecular complexity index is 467. The van der Waals surface area contributed by atoms with Crippen LogP contribution in [0.5, 0.6) is 0 Å². The Morgan fingerprint density at radius 1 is 1.38 bits per heavy atom. The van der Waals surface area contributed by atoms with Crippen molar-refractivity contribution in [2.24, 2.45) is 11.7 Å². The van der Waals surface area contributed by atoms with E-state index >= 15 is 0 Å². The molecule has 0 bridgehead atoms. The molecule has 2 unspecified atom stereocenters. The number of amides is 1. The van der Waals surface area contributed by atoms with E-state index in [0.717, 1.165) is 5.56 Å². The van der Waals surface area contributed by atoms with E-state index in [1.54, 1.807) is 6.07 Å². The monoisotopic (exact) mass is 316 g/mol. The molecule has 0 saturated heterocycles. The third kappa shape index (κ3) is 5.64. The summed E-state index contributed by atoms with van der Waals surface area (Å²) in [5.41, 5.74) is 6.18. The van der Waals surface area contributed by atoms with Crippen LogP contribution < -0.4 is 11.1 Å². The quantitative estimate of drug-likeness (QED) is 0.846. The van der Waals surface area contributed by atoms with E-state index in [4.69, 9.17) is 5.73 Å².